The highest BCUT2D eigenvalue weighted by Gasteiger charge is 2.18. The van der Waals surface area contributed by atoms with Crippen LogP contribution in [0.2, 0.25) is 0 Å². The van der Waals surface area contributed by atoms with Crippen molar-refractivity contribution in [2.45, 2.75) is 39.4 Å². The summed E-state index contributed by atoms with van der Waals surface area (Å²) in [5, 5.41) is 11.7. The van der Waals surface area contributed by atoms with Crippen molar-refractivity contribution < 1.29 is 0 Å². The second-order valence-electron chi connectivity index (χ2n) is 5.11. The monoisotopic (exact) mass is 283 g/mol. The average molecular weight is 283 g/mol. The molecule has 1 atom stereocenters. The third-order valence-corrected chi connectivity index (χ3v) is 4.63. The zero-order valence-corrected chi connectivity index (χ0v) is 12.8. The Morgan fingerprint density at radius 2 is 2.37 bits per heavy atom. The van der Waals surface area contributed by atoms with Gasteiger partial charge in [0.1, 0.15) is 0 Å². The van der Waals surface area contributed by atoms with Crippen molar-refractivity contribution in [2.24, 2.45) is 0 Å². The molecular weight excluding hydrogens is 258 g/mol. The Morgan fingerprint density at radius 1 is 1.47 bits per heavy atom. The van der Waals surface area contributed by atoms with E-state index < -0.39 is 0 Å². The Bertz CT molecular complexity index is 368. The molecule has 1 aromatic heterocycles. The van der Waals surface area contributed by atoms with Gasteiger partial charge in [-0.25, -0.2) is 0 Å². The largest absolute Gasteiger partial charge is 0.311 e. The minimum absolute atomic E-state index is 0.688. The second-order valence-corrected chi connectivity index (χ2v) is 6.26. The summed E-state index contributed by atoms with van der Waals surface area (Å²) in [5.74, 6) is 2.51. The Hall–Kier alpha value is -0.590. The smallest absolute Gasteiger partial charge is 0.0964 e. The van der Waals surface area contributed by atoms with E-state index in [0.717, 1.165) is 38.3 Å². The third kappa shape index (κ3) is 4.78. The van der Waals surface area contributed by atoms with Crippen LogP contribution >= 0.6 is 11.8 Å². The number of hydrogen-bond acceptors (Lipinski definition) is 5. The highest BCUT2D eigenvalue weighted by molar-refractivity contribution is 7.99. The van der Waals surface area contributed by atoms with Crippen LogP contribution in [0.3, 0.4) is 0 Å². The van der Waals surface area contributed by atoms with E-state index in [2.05, 4.69) is 52.3 Å². The maximum absolute atomic E-state index is 4.20. The molecule has 1 unspecified atom stereocenters. The van der Waals surface area contributed by atoms with Crippen LogP contribution in [0.15, 0.2) is 6.20 Å². The van der Waals surface area contributed by atoms with E-state index in [9.17, 15) is 0 Å². The van der Waals surface area contributed by atoms with E-state index >= 15 is 0 Å². The van der Waals surface area contributed by atoms with Gasteiger partial charge in [-0.1, -0.05) is 12.1 Å². The molecule has 1 N–H and O–H groups in total. The maximum atomic E-state index is 4.20. The van der Waals surface area contributed by atoms with Gasteiger partial charge in [0.25, 0.3) is 0 Å². The molecule has 1 fully saturated rings. The zero-order valence-electron chi connectivity index (χ0n) is 12.0. The highest BCUT2D eigenvalue weighted by Crippen LogP contribution is 2.15. The lowest BCUT2D eigenvalue weighted by molar-refractivity contribution is 0.220. The summed E-state index contributed by atoms with van der Waals surface area (Å²) in [6, 6.07) is 0.688. The molecule has 0 saturated carbocycles. The first-order chi connectivity index (χ1) is 9.29. The molecule has 1 saturated heterocycles. The Labute approximate surface area is 120 Å². The van der Waals surface area contributed by atoms with Crippen LogP contribution in [0.4, 0.5) is 0 Å². The maximum Gasteiger partial charge on any atom is 0.0964 e. The van der Waals surface area contributed by atoms with Crippen molar-refractivity contribution in [3.8, 4) is 0 Å². The van der Waals surface area contributed by atoms with Crippen LogP contribution < -0.4 is 5.32 Å². The molecule has 0 aromatic carbocycles. The first kappa shape index (κ1) is 14.8. The van der Waals surface area contributed by atoms with Crippen LogP contribution in [0.1, 0.15) is 26.0 Å². The van der Waals surface area contributed by atoms with Crippen molar-refractivity contribution in [1.29, 1.82) is 0 Å². The number of thioether (sulfide) groups is 1. The number of nitrogens with one attached hydrogen (secondary N) is 1. The summed E-state index contributed by atoms with van der Waals surface area (Å²) in [6.07, 6.45) is 3.21. The number of aromatic nitrogens is 3. The predicted molar refractivity (Wildman–Crippen MR) is 80.4 cm³/mol. The minimum atomic E-state index is 0.688. The average Bonchev–Trinajstić information content (AvgIpc) is 2.86. The zero-order chi connectivity index (χ0) is 13.5. The van der Waals surface area contributed by atoms with Gasteiger partial charge in [-0.15, -0.1) is 5.10 Å². The fourth-order valence-corrected chi connectivity index (χ4v) is 3.33. The van der Waals surface area contributed by atoms with Gasteiger partial charge in [0.2, 0.25) is 0 Å². The lowest BCUT2D eigenvalue weighted by atomic mass is 10.3. The summed E-state index contributed by atoms with van der Waals surface area (Å²) in [7, 11) is 0. The van der Waals surface area contributed by atoms with E-state index in [1.807, 2.05) is 4.68 Å². The molecule has 108 valence electrons. The molecule has 0 radical (unpaired) electrons. The quantitative estimate of drug-likeness (QED) is 0.762. The first-order valence-electron chi connectivity index (χ1n) is 7.21. The normalized spacial score (nSPS) is 20.8. The third-order valence-electron chi connectivity index (χ3n) is 3.44. The summed E-state index contributed by atoms with van der Waals surface area (Å²) >= 11 is 2.06. The SMILES string of the molecule is CCCNCc1cn(CCN2CCSCC2C)nn1. The van der Waals surface area contributed by atoms with Crippen LogP contribution in [0, 0.1) is 0 Å². The van der Waals surface area contributed by atoms with Gasteiger partial charge in [0.15, 0.2) is 0 Å². The first-order valence-corrected chi connectivity index (χ1v) is 8.36. The van der Waals surface area contributed by atoms with Gasteiger partial charge < -0.3 is 5.32 Å². The number of nitrogens with zero attached hydrogens (tertiary/aromatic N) is 4. The van der Waals surface area contributed by atoms with E-state index in [-0.39, 0.29) is 0 Å². The number of rotatable bonds is 7. The Balaban J connectivity index is 1.73. The molecule has 0 spiro atoms. The van der Waals surface area contributed by atoms with Gasteiger partial charge in [0, 0.05) is 43.4 Å². The van der Waals surface area contributed by atoms with E-state index in [1.54, 1.807) is 0 Å². The molecular formula is C13H25N5S. The van der Waals surface area contributed by atoms with Gasteiger partial charge in [-0.05, 0) is 19.9 Å². The van der Waals surface area contributed by atoms with Gasteiger partial charge >= 0.3 is 0 Å². The van der Waals surface area contributed by atoms with Crippen molar-refractivity contribution in [3.05, 3.63) is 11.9 Å². The number of hydrogen-bond donors (Lipinski definition) is 1. The molecule has 1 aromatic rings. The molecule has 5 nitrogen and oxygen atoms in total. The summed E-state index contributed by atoms with van der Waals surface area (Å²) < 4.78 is 1.97. The van der Waals surface area contributed by atoms with Crippen LogP contribution in [0.5, 0.6) is 0 Å². The van der Waals surface area contributed by atoms with E-state index in [4.69, 9.17) is 0 Å². The standard InChI is InChI=1S/C13H25N5S/c1-3-4-14-9-13-10-18(16-15-13)6-5-17-7-8-19-11-12(17)2/h10,12,14H,3-9,11H2,1-2H3. The molecule has 0 bridgehead atoms. The molecule has 0 amide bonds. The van der Waals surface area contributed by atoms with Gasteiger partial charge in [0.05, 0.1) is 12.2 Å². The van der Waals surface area contributed by atoms with Crippen molar-refractivity contribution >= 4 is 11.8 Å². The second kappa shape index (κ2) is 7.87. The Morgan fingerprint density at radius 3 is 3.16 bits per heavy atom. The summed E-state index contributed by atoms with van der Waals surface area (Å²) in [4.78, 5) is 2.55. The van der Waals surface area contributed by atoms with Gasteiger partial charge in [-0.3, -0.25) is 9.58 Å². The van der Waals surface area contributed by atoms with Crippen molar-refractivity contribution in [3.63, 3.8) is 0 Å². The van der Waals surface area contributed by atoms with Crippen LogP contribution in [0.25, 0.3) is 0 Å². The molecule has 1 aliphatic rings. The molecule has 6 heteroatoms. The van der Waals surface area contributed by atoms with E-state index in [1.165, 1.54) is 18.1 Å². The Kier molecular flexibility index (Phi) is 6.13. The van der Waals surface area contributed by atoms with Crippen LogP contribution in [-0.2, 0) is 13.1 Å². The molecule has 19 heavy (non-hydrogen) atoms. The fourth-order valence-electron chi connectivity index (χ4n) is 2.25. The highest BCUT2D eigenvalue weighted by atomic mass is 32.2. The van der Waals surface area contributed by atoms with Crippen LogP contribution in [-0.4, -0.2) is 57.1 Å². The minimum Gasteiger partial charge on any atom is -0.311 e. The van der Waals surface area contributed by atoms with Crippen molar-refractivity contribution in [2.75, 3.05) is 31.1 Å². The van der Waals surface area contributed by atoms with E-state index in [0.29, 0.717) is 6.04 Å². The summed E-state index contributed by atoms with van der Waals surface area (Å²) in [5.41, 5.74) is 1.04. The molecule has 2 heterocycles. The molecule has 0 aliphatic carbocycles. The molecule has 2 rings (SSSR count). The summed E-state index contributed by atoms with van der Waals surface area (Å²) in [6.45, 7) is 9.56. The van der Waals surface area contributed by atoms with Gasteiger partial charge in [-0.2, -0.15) is 11.8 Å². The fraction of sp³-hybridized carbons (Fsp3) is 0.846. The lowest BCUT2D eigenvalue weighted by Gasteiger charge is -2.32. The predicted octanol–water partition coefficient (Wildman–Crippen LogP) is 1.21. The van der Waals surface area contributed by atoms with Crippen molar-refractivity contribution in [1.82, 2.24) is 25.2 Å². The topological polar surface area (TPSA) is 46.0 Å². The lowest BCUT2D eigenvalue weighted by Crippen LogP contribution is -2.42. The molecule has 1 aliphatic heterocycles.